The second kappa shape index (κ2) is 9.49. The fraction of sp³-hybridized carbons (Fsp3) is 0.381. The van der Waals surface area contributed by atoms with Crippen molar-refractivity contribution in [2.45, 2.75) is 38.3 Å². The number of hydroxylamine groups is 1. The van der Waals surface area contributed by atoms with Gasteiger partial charge in [-0.2, -0.15) is 0 Å². The molecule has 0 unspecified atom stereocenters. The van der Waals surface area contributed by atoms with E-state index in [9.17, 15) is 14.7 Å². The molecule has 1 aliphatic rings. The van der Waals surface area contributed by atoms with Crippen LogP contribution < -0.4 is 15.7 Å². The molecule has 8 heteroatoms. The first-order chi connectivity index (χ1) is 14.0. The number of piperidine rings is 1. The van der Waals surface area contributed by atoms with Crippen LogP contribution in [0.1, 0.15) is 36.5 Å². The van der Waals surface area contributed by atoms with Crippen molar-refractivity contribution in [3.63, 3.8) is 0 Å². The number of aliphatic hydroxyl groups excluding tert-OH is 1. The van der Waals surface area contributed by atoms with Crippen molar-refractivity contribution in [1.82, 2.24) is 15.8 Å². The summed E-state index contributed by atoms with van der Waals surface area (Å²) in [6, 6.07) is 9.66. The average Bonchev–Trinajstić information content (AvgIpc) is 2.77. The molecule has 2 aromatic rings. The van der Waals surface area contributed by atoms with Crippen LogP contribution in [0.5, 0.6) is 0 Å². The molecule has 29 heavy (non-hydrogen) atoms. The van der Waals surface area contributed by atoms with Crippen molar-refractivity contribution in [3.05, 3.63) is 48.2 Å². The van der Waals surface area contributed by atoms with Crippen LogP contribution in [0.4, 0.5) is 5.82 Å². The fourth-order valence-electron chi connectivity index (χ4n) is 3.38. The highest BCUT2D eigenvalue weighted by atomic mass is 16.5. The molecule has 8 nitrogen and oxygen atoms in total. The first-order valence-corrected chi connectivity index (χ1v) is 9.74. The predicted octanol–water partition coefficient (Wildman–Crippen LogP) is 1.72. The molecule has 154 valence electrons. The zero-order valence-corrected chi connectivity index (χ0v) is 16.3. The molecule has 1 saturated heterocycles. The summed E-state index contributed by atoms with van der Waals surface area (Å²) in [7, 11) is 0. The third kappa shape index (κ3) is 5.10. The number of benzene rings is 1. The maximum atomic E-state index is 12.3. The molecule has 0 aliphatic carbocycles. The SMILES string of the molecule is C[C@@H](O)[C@H](NC(=O)c1ccc(-c2ccc(N3CCCCC3)nc2)cc1)C(=O)NO. The Morgan fingerprint density at radius 3 is 2.24 bits per heavy atom. The van der Waals surface area contributed by atoms with E-state index in [2.05, 4.69) is 15.2 Å². The van der Waals surface area contributed by atoms with Gasteiger partial charge in [-0.25, -0.2) is 10.5 Å². The third-order valence-electron chi connectivity index (χ3n) is 5.07. The van der Waals surface area contributed by atoms with Crippen LogP contribution in [0, 0.1) is 0 Å². The van der Waals surface area contributed by atoms with E-state index in [1.165, 1.54) is 31.7 Å². The van der Waals surface area contributed by atoms with E-state index in [1.54, 1.807) is 24.3 Å². The normalized spacial score (nSPS) is 16.0. The molecule has 3 rings (SSSR count). The number of rotatable bonds is 6. The van der Waals surface area contributed by atoms with Crippen LogP contribution >= 0.6 is 0 Å². The quantitative estimate of drug-likeness (QED) is 0.435. The molecular weight excluding hydrogens is 372 g/mol. The van der Waals surface area contributed by atoms with E-state index >= 15 is 0 Å². The first kappa shape index (κ1) is 20.8. The topological polar surface area (TPSA) is 115 Å². The van der Waals surface area contributed by atoms with Crippen molar-refractivity contribution in [1.29, 1.82) is 0 Å². The zero-order valence-electron chi connectivity index (χ0n) is 16.3. The van der Waals surface area contributed by atoms with E-state index < -0.39 is 24.0 Å². The number of hydrogen-bond acceptors (Lipinski definition) is 6. The van der Waals surface area contributed by atoms with Crippen LogP contribution in [-0.2, 0) is 4.79 Å². The smallest absolute Gasteiger partial charge is 0.268 e. The van der Waals surface area contributed by atoms with Gasteiger partial charge >= 0.3 is 0 Å². The largest absolute Gasteiger partial charge is 0.391 e. The highest BCUT2D eigenvalue weighted by Crippen LogP contribution is 2.23. The van der Waals surface area contributed by atoms with Gasteiger partial charge in [-0.3, -0.25) is 14.8 Å². The summed E-state index contributed by atoms with van der Waals surface area (Å²) in [5, 5.41) is 20.8. The number of anilines is 1. The molecule has 0 radical (unpaired) electrons. The van der Waals surface area contributed by atoms with E-state index in [-0.39, 0.29) is 0 Å². The summed E-state index contributed by atoms with van der Waals surface area (Å²) in [4.78, 5) is 30.8. The van der Waals surface area contributed by atoms with E-state index in [0.717, 1.165) is 30.0 Å². The summed E-state index contributed by atoms with van der Waals surface area (Å²) in [5.74, 6) is -0.426. The molecule has 0 spiro atoms. The van der Waals surface area contributed by atoms with Crippen LogP contribution in [0.3, 0.4) is 0 Å². The molecule has 4 N–H and O–H groups in total. The lowest BCUT2D eigenvalue weighted by Gasteiger charge is -2.27. The van der Waals surface area contributed by atoms with Crippen molar-refractivity contribution in [3.8, 4) is 11.1 Å². The van der Waals surface area contributed by atoms with E-state index in [0.29, 0.717) is 5.56 Å². The highest BCUT2D eigenvalue weighted by Gasteiger charge is 2.25. The summed E-state index contributed by atoms with van der Waals surface area (Å²) in [5.41, 5.74) is 3.63. The van der Waals surface area contributed by atoms with E-state index in [1.807, 2.05) is 18.3 Å². The Hall–Kier alpha value is -2.97. The van der Waals surface area contributed by atoms with Crippen molar-refractivity contribution in [2.24, 2.45) is 0 Å². The summed E-state index contributed by atoms with van der Waals surface area (Å²) < 4.78 is 0. The summed E-state index contributed by atoms with van der Waals surface area (Å²) in [6.45, 7) is 3.43. The maximum Gasteiger partial charge on any atom is 0.268 e. The van der Waals surface area contributed by atoms with Crippen LogP contribution in [0.15, 0.2) is 42.6 Å². The maximum absolute atomic E-state index is 12.3. The lowest BCUT2D eigenvalue weighted by Crippen LogP contribution is -2.51. The van der Waals surface area contributed by atoms with Gasteiger partial charge in [0.15, 0.2) is 0 Å². The molecule has 1 aromatic heterocycles. The molecule has 0 bridgehead atoms. The number of amides is 2. The second-order valence-electron chi connectivity index (χ2n) is 7.20. The van der Waals surface area contributed by atoms with Gasteiger partial charge in [0.25, 0.3) is 11.8 Å². The number of hydrogen-bond donors (Lipinski definition) is 4. The number of carbonyl (C=O) groups excluding carboxylic acids is 2. The Labute approximate surface area is 169 Å². The number of pyridine rings is 1. The Morgan fingerprint density at radius 2 is 1.69 bits per heavy atom. The molecule has 2 heterocycles. The molecule has 2 atom stereocenters. The monoisotopic (exact) mass is 398 g/mol. The summed E-state index contributed by atoms with van der Waals surface area (Å²) in [6.07, 6.45) is 4.34. The zero-order chi connectivity index (χ0) is 20.8. The van der Waals surface area contributed by atoms with Gasteiger partial charge in [-0.05, 0) is 56.0 Å². The van der Waals surface area contributed by atoms with Gasteiger partial charge < -0.3 is 15.3 Å². The van der Waals surface area contributed by atoms with Crippen LogP contribution in [0.25, 0.3) is 11.1 Å². The Balaban J connectivity index is 1.67. The third-order valence-corrected chi connectivity index (χ3v) is 5.07. The van der Waals surface area contributed by atoms with Crippen molar-refractivity contribution >= 4 is 17.6 Å². The Kier molecular flexibility index (Phi) is 6.79. The van der Waals surface area contributed by atoms with E-state index in [4.69, 9.17) is 5.21 Å². The lowest BCUT2D eigenvalue weighted by atomic mass is 10.0. The molecule has 0 saturated carbocycles. The van der Waals surface area contributed by atoms with Crippen molar-refractivity contribution in [2.75, 3.05) is 18.0 Å². The van der Waals surface area contributed by atoms with Gasteiger partial charge in [0.1, 0.15) is 11.9 Å². The molecular formula is C21H26N4O4. The van der Waals surface area contributed by atoms with Gasteiger partial charge in [0.2, 0.25) is 0 Å². The second-order valence-corrected chi connectivity index (χ2v) is 7.20. The minimum atomic E-state index is -1.25. The average molecular weight is 398 g/mol. The first-order valence-electron chi connectivity index (χ1n) is 9.74. The number of aromatic nitrogens is 1. The van der Waals surface area contributed by atoms with Crippen LogP contribution in [-0.4, -0.2) is 52.3 Å². The molecule has 2 amide bonds. The minimum absolute atomic E-state index is 0.336. The molecule has 1 fully saturated rings. The lowest BCUT2D eigenvalue weighted by molar-refractivity contribution is -0.133. The number of carbonyl (C=O) groups is 2. The Bertz CT molecular complexity index is 831. The number of aliphatic hydroxyl groups is 1. The predicted molar refractivity (Wildman–Crippen MR) is 109 cm³/mol. The summed E-state index contributed by atoms with van der Waals surface area (Å²) >= 11 is 0. The van der Waals surface area contributed by atoms with Crippen molar-refractivity contribution < 1.29 is 19.9 Å². The standard InChI is InChI=1S/C21H26N4O4/c1-14(26)19(21(28)24-29)23-20(27)16-7-5-15(6-8-16)17-9-10-18(22-13-17)25-11-3-2-4-12-25/h5-10,13-14,19,26,29H,2-4,11-12H2,1H3,(H,23,27)(H,24,28)/t14-,19+/m1/s1. The van der Waals surface area contributed by atoms with Gasteiger partial charge in [0, 0.05) is 30.4 Å². The number of nitrogens with zero attached hydrogens (tertiary/aromatic N) is 2. The van der Waals surface area contributed by atoms with Gasteiger partial charge in [-0.15, -0.1) is 0 Å². The number of nitrogens with one attached hydrogen (secondary N) is 2. The molecule has 1 aromatic carbocycles. The Morgan fingerprint density at radius 1 is 1.03 bits per heavy atom. The fourth-order valence-corrected chi connectivity index (χ4v) is 3.38. The minimum Gasteiger partial charge on any atom is -0.391 e. The highest BCUT2D eigenvalue weighted by molar-refractivity contribution is 5.97. The van der Waals surface area contributed by atoms with Gasteiger partial charge in [-0.1, -0.05) is 12.1 Å². The van der Waals surface area contributed by atoms with Gasteiger partial charge in [0.05, 0.1) is 6.10 Å². The molecule has 1 aliphatic heterocycles. The van der Waals surface area contributed by atoms with Crippen LogP contribution in [0.2, 0.25) is 0 Å².